The number of carbonyl (C=O) groups excluding carboxylic acids is 1. The van der Waals surface area contributed by atoms with Crippen LogP contribution in [0.2, 0.25) is 0 Å². The SMILES string of the molecule is NCCCS(=O)(=O)N1CCCC1C(N)=O. The molecule has 1 aliphatic rings. The summed E-state index contributed by atoms with van der Waals surface area (Å²) in [5, 5.41) is 0. The van der Waals surface area contributed by atoms with Crippen LogP contribution >= 0.6 is 0 Å². The zero-order chi connectivity index (χ0) is 11.5. The van der Waals surface area contributed by atoms with E-state index in [0.29, 0.717) is 32.4 Å². The summed E-state index contributed by atoms with van der Waals surface area (Å²) in [6, 6.07) is -0.659. The van der Waals surface area contributed by atoms with Gasteiger partial charge in [-0.15, -0.1) is 0 Å². The Morgan fingerprint density at radius 1 is 1.47 bits per heavy atom. The number of nitrogens with two attached hydrogens (primary N) is 2. The largest absolute Gasteiger partial charge is 0.368 e. The first-order valence-electron chi connectivity index (χ1n) is 4.98. The van der Waals surface area contributed by atoms with Crippen LogP contribution in [-0.4, -0.2) is 43.5 Å². The Labute approximate surface area is 89.6 Å². The van der Waals surface area contributed by atoms with E-state index in [0.717, 1.165) is 0 Å². The number of primary amides is 1. The van der Waals surface area contributed by atoms with E-state index >= 15 is 0 Å². The van der Waals surface area contributed by atoms with Gasteiger partial charge in [-0.2, -0.15) is 4.31 Å². The fourth-order valence-electron chi connectivity index (χ4n) is 1.74. The van der Waals surface area contributed by atoms with E-state index in [1.807, 2.05) is 0 Å². The molecule has 1 unspecified atom stereocenters. The number of hydrogen-bond acceptors (Lipinski definition) is 4. The van der Waals surface area contributed by atoms with Gasteiger partial charge in [-0.05, 0) is 25.8 Å². The molecular formula is C8H17N3O3S. The lowest BCUT2D eigenvalue weighted by Crippen LogP contribution is -2.44. The van der Waals surface area contributed by atoms with Crippen molar-refractivity contribution in [3.05, 3.63) is 0 Å². The summed E-state index contributed by atoms with van der Waals surface area (Å²) < 4.78 is 24.8. The molecule has 1 heterocycles. The second-order valence-electron chi connectivity index (χ2n) is 3.63. The Balaban J connectivity index is 2.73. The highest BCUT2D eigenvalue weighted by atomic mass is 32.2. The maximum atomic E-state index is 11.8. The summed E-state index contributed by atoms with van der Waals surface area (Å²) in [6.45, 7) is 0.717. The highest BCUT2D eigenvalue weighted by molar-refractivity contribution is 7.89. The average molecular weight is 235 g/mol. The van der Waals surface area contributed by atoms with Crippen LogP contribution in [0, 0.1) is 0 Å². The van der Waals surface area contributed by atoms with Crippen molar-refractivity contribution in [3.8, 4) is 0 Å². The molecule has 4 N–H and O–H groups in total. The predicted octanol–water partition coefficient (Wildman–Crippen LogP) is -1.39. The Morgan fingerprint density at radius 3 is 2.67 bits per heavy atom. The van der Waals surface area contributed by atoms with Crippen LogP contribution in [0.5, 0.6) is 0 Å². The normalized spacial score (nSPS) is 23.1. The van der Waals surface area contributed by atoms with E-state index in [-0.39, 0.29) is 5.75 Å². The van der Waals surface area contributed by atoms with Crippen molar-refractivity contribution >= 4 is 15.9 Å². The van der Waals surface area contributed by atoms with Crippen LogP contribution in [0.1, 0.15) is 19.3 Å². The molecule has 6 nitrogen and oxygen atoms in total. The summed E-state index contributed by atoms with van der Waals surface area (Å²) in [5.74, 6) is -0.573. The van der Waals surface area contributed by atoms with Crippen molar-refractivity contribution < 1.29 is 13.2 Å². The smallest absolute Gasteiger partial charge is 0.235 e. The Bertz CT molecular complexity index is 328. The average Bonchev–Trinajstić information content (AvgIpc) is 2.63. The molecule has 0 radical (unpaired) electrons. The fourth-order valence-corrected chi connectivity index (χ4v) is 3.51. The minimum Gasteiger partial charge on any atom is -0.368 e. The lowest BCUT2D eigenvalue weighted by molar-refractivity contribution is -0.121. The van der Waals surface area contributed by atoms with Crippen molar-refractivity contribution in [2.24, 2.45) is 11.5 Å². The lowest BCUT2D eigenvalue weighted by Gasteiger charge is -2.21. The molecule has 1 amide bonds. The molecule has 0 aliphatic carbocycles. The number of hydrogen-bond donors (Lipinski definition) is 2. The standard InChI is InChI=1S/C8H17N3O3S/c9-4-2-6-15(13,14)11-5-1-3-7(11)8(10)12/h7H,1-6,9H2,(H2,10,12). The molecule has 1 saturated heterocycles. The molecule has 0 saturated carbocycles. The first kappa shape index (κ1) is 12.4. The van der Waals surface area contributed by atoms with E-state index in [1.54, 1.807) is 0 Å². The van der Waals surface area contributed by atoms with Crippen molar-refractivity contribution in [2.45, 2.75) is 25.3 Å². The molecule has 1 atom stereocenters. The Kier molecular flexibility index (Phi) is 4.06. The highest BCUT2D eigenvalue weighted by Gasteiger charge is 2.36. The molecule has 1 rings (SSSR count). The summed E-state index contributed by atoms with van der Waals surface area (Å²) in [5.41, 5.74) is 10.4. The Hall–Kier alpha value is -0.660. The minimum atomic E-state index is -3.36. The van der Waals surface area contributed by atoms with Crippen LogP contribution in [0.4, 0.5) is 0 Å². The molecule has 0 spiro atoms. The fraction of sp³-hybridized carbons (Fsp3) is 0.875. The Morgan fingerprint density at radius 2 is 2.13 bits per heavy atom. The van der Waals surface area contributed by atoms with E-state index in [9.17, 15) is 13.2 Å². The molecule has 88 valence electrons. The van der Waals surface area contributed by atoms with Crippen LogP contribution in [0.25, 0.3) is 0 Å². The van der Waals surface area contributed by atoms with Gasteiger partial charge in [0, 0.05) is 6.54 Å². The molecule has 1 aliphatic heterocycles. The first-order valence-corrected chi connectivity index (χ1v) is 6.59. The second kappa shape index (κ2) is 4.91. The number of rotatable bonds is 5. The molecule has 0 aromatic heterocycles. The highest BCUT2D eigenvalue weighted by Crippen LogP contribution is 2.21. The summed E-state index contributed by atoms with van der Waals surface area (Å²) in [7, 11) is -3.36. The minimum absolute atomic E-state index is 0.00667. The van der Waals surface area contributed by atoms with Gasteiger partial charge in [0.2, 0.25) is 15.9 Å². The monoisotopic (exact) mass is 235 g/mol. The van der Waals surface area contributed by atoms with Gasteiger partial charge in [0.1, 0.15) is 6.04 Å². The lowest BCUT2D eigenvalue weighted by atomic mass is 10.2. The van der Waals surface area contributed by atoms with Gasteiger partial charge in [0.25, 0.3) is 0 Å². The van der Waals surface area contributed by atoms with Gasteiger partial charge in [0.05, 0.1) is 5.75 Å². The predicted molar refractivity (Wildman–Crippen MR) is 56.4 cm³/mol. The molecule has 1 fully saturated rings. The maximum Gasteiger partial charge on any atom is 0.235 e. The summed E-state index contributed by atoms with van der Waals surface area (Å²) in [6.07, 6.45) is 1.62. The van der Waals surface area contributed by atoms with Gasteiger partial charge >= 0.3 is 0 Å². The quantitative estimate of drug-likeness (QED) is 0.612. The van der Waals surface area contributed by atoms with Crippen LogP contribution in [-0.2, 0) is 14.8 Å². The third kappa shape index (κ3) is 2.90. The third-order valence-electron chi connectivity index (χ3n) is 2.50. The topological polar surface area (TPSA) is 106 Å². The van der Waals surface area contributed by atoms with E-state index < -0.39 is 22.0 Å². The number of nitrogens with zero attached hydrogens (tertiary/aromatic N) is 1. The summed E-state index contributed by atoms with van der Waals surface area (Å²) in [4.78, 5) is 11.0. The van der Waals surface area contributed by atoms with Crippen LogP contribution < -0.4 is 11.5 Å². The van der Waals surface area contributed by atoms with E-state index in [2.05, 4.69) is 0 Å². The van der Waals surface area contributed by atoms with Gasteiger partial charge < -0.3 is 11.5 Å². The van der Waals surface area contributed by atoms with Gasteiger partial charge in [-0.25, -0.2) is 8.42 Å². The zero-order valence-electron chi connectivity index (χ0n) is 8.55. The number of carbonyl (C=O) groups is 1. The van der Waals surface area contributed by atoms with Crippen molar-refractivity contribution in [2.75, 3.05) is 18.8 Å². The molecule has 0 aromatic carbocycles. The number of amides is 1. The van der Waals surface area contributed by atoms with Crippen LogP contribution in [0.15, 0.2) is 0 Å². The van der Waals surface area contributed by atoms with Crippen molar-refractivity contribution in [1.82, 2.24) is 4.31 Å². The molecule has 0 bridgehead atoms. The molecular weight excluding hydrogens is 218 g/mol. The van der Waals surface area contributed by atoms with E-state index in [4.69, 9.17) is 11.5 Å². The van der Waals surface area contributed by atoms with Gasteiger partial charge in [-0.1, -0.05) is 0 Å². The second-order valence-corrected chi connectivity index (χ2v) is 5.67. The summed E-state index contributed by atoms with van der Waals surface area (Å²) >= 11 is 0. The zero-order valence-corrected chi connectivity index (χ0v) is 9.37. The number of sulfonamides is 1. The molecule has 0 aromatic rings. The third-order valence-corrected chi connectivity index (χ3v) is 4.45. The van der Waals surface area contributed by atoms with Gasteiger partial charge in [-0.3, -0.25) is 4.79 Å². The van der Waals surface area contributed by atoms with E-state index in [1.165, 1.54) is 4.31 Å². The van der Waals surface area contributed by atoms with Crippen molar-refractivity contribution in [3.63, 3.8) is 0 Å². The van der Waals surface area contributed by atoms with Crippen LogP contribution in [0.3, 0.4) is 0 Å². The van der Waals surface area contributed by atoms with Gasteiger partial charge in [0.15, 0.2) is 0 Å². The molecule has 7 heteroatoms. The molecule has 15 heavy (non-hydrogen) atoms. The van der Waals surface area contributed by atoms with Crippen molar-refractivity contribution in [1.29, 1.82) is 0 Å². The maximum absolute atomic E-state index is 11.8. The first-order chi connectivity index (χ1) is 6.99.